The van der Waals surface area contributed by atoms with Crippen LogP contribution in [0.5, 0.6) is 6.01 Å². The first-order valence-electron chi connectivity index (χ1n) is 4.85. The number of methoxy groups -OCH3 is 1. The van der Waals surface area contributed by atoms with Crippen molar-refractivity contribution in [3.8, 4) is 17.3 Å². The summed E-state index contributed by atoms with van der Waals surface area (Å²) in [4.78, 5) is 8.16. The molecule has 1 aromatic carbocycles. The minimum absolute atomic E-state index is 0.248. The van der Waals surface area contributed by atoms with Crippen molar-refractivity contribution < 1.29 is 9.13 Å². The molecular formula is C12H11FN2O. The Kier molecular flexibility index (Phi) is 2.81. The predicted molar refractivity (Wildman–Crippen MR) is 58.7 cm³/mol. The Morgan fingerprint density at radius 3 is 2.62 bits per heavy atom. The molecule has 0 aliphatic carbocycles. The molecule has 4 heteroatoms. The molecule has 0 amide bonds. The second kappa shape index (κ2) is 4.26. The predicted octanol–water partition coefficient (Wildman–Crippen LogP) is 2.60. The summed E-state index contributed by atoms with van der Waals surface area (Å²) in [6.45, 7) is 1.81. The van der Waals surface area contributed by atoms with E-state index in [4.69, 9.17) is 4.74 Å². The standard InChI is InChI=1S/C12H11FN2O/c1-8-7-11(15-12(14-8)16-2)9-5-3-4-6-10(9)13/h3-7H,1-2H3. The van der Waals surface area contributed by atoms with Gasteiger partial charge in [-0.2, -0.15) is 4.98 Å². The number of aromatic nitrogens is 2. The third-order valence-corrected chi connectivity index (χ3v) is 2.17. The average molecular weight is 218 g/mol. The molecule has 3 nitrogen and oxygen atoms in total. The number of rotatable bonds is 2. The summed E-state index contributed by atoms with van der Waals surface area (Å²) < 4.78 is 18.5. The molecule has 2 rings (SSSR count). The first kappa shape index (κ1) is 10.5. The monoisotopic (exact) mass is 218 g/mol. The Balaban J connectivity index is 2.56. The molecule has 0 N–H and O–H groups in total. The average Bonchev–Trinajstić information content (AvgIpc) is 2.28. The highest BCUT2D eigenvalue weighted by atomic mass is 19.1. The molecular weight excluding hydrogens is 207 g/mol. The van der Waals surface area contributed by atoms with Gasteiger partial charge in [0.2, 0.25) is 0 Å². The fraction of sp³-hybridized carbons (Fsp3) is 0.167. The zero-order valence-electron chi connectivity index (χ0n) is 9.07. The Bertz CT molecular complexity index is 514. The number of ether oxygens (including phenoxy) is 1. The maximum atomic E-state index is 13.5. The minimum Gasteiger partial charge on any atom is -0.467 e. The maximum absolute atomic E-state index is 13.5. The van der Waals surface area contributed by atoms with Gasteiger partial charge in [0.15, 0.2) is 0 Å². The van der Waals surface area contributed by atoms with Crippen LogP contribution in [0.3, 0.4) is 0 Å². The van der Waals surface area contributed by atoms with Crippen molar-refractivity contribution in [2.75, 3.05) is 7.11 Å². The molecule has 0 saturated carbocycles. The van der Waals surface area contributed by atoms with E-state index >= 15 is 0 Å². The van der Waals surface area contributed by atoms with Crippen molar-refractivity contribution in [3.05, 3.63) is 41.8 Å². The highest BCUT2D eigenvalue weighted by Crippen LogP contribution is 2.22. The van der Waals surface area contributed by atoms with Gasteiger partial charge in [0.25, 0.3) is 0 Å². The SMILES string of the molecule is COc1nc(C)cc(-c2ccccc2F)n1. The third kappa shape index (κ3) is 2.00. The minimum atomic E-state index is -0.303. The van der Waals surface area contributed by atoms with E-state index in [2.05, 4.69) is 9.97 Å². The van der Waals surface area contributed by atoms with Crippen LogP contribution in [0, 0.1) is 12.7 Å². The van der Waals surface area contributed by atoms with Crippen LogP contribution in [0.2, 0.25) is 0 Å². The van der Waals surface area contributed by atoms with Crippen LogP contribution < -0.4 is 4.74 Å². The molecule has 0 aliphatic heterocycles. The Hall–Kier alpha value is -1.97. The van der Waals surface area contributed by atoms with Gasteiger partial charge in [-0.3, -0.25) is 0 Å². The van der Waals surface area contributed by atoms with E-state index in [1.54, 1.807) is 24.3 Å². The van der Waals surface area contributed by atoms with Crippen molar-refractivity contribution in [1.82, 2.24) is 9.97 Å². The molecule has 16 heavy (non-hydrogen) atoms. The Morgan fingerprint density at radius 2 is 1.94 bits per heavy atom. The molecule has 0 fully saturated rings. The second-order valence-corrected chi connectivity index (χ2v) is 3.36. The summed E-state index contributed by atoms with van der Waals surface area (Å²) in [6.07, 6.45) is 0. The summed E-state index contributed by atoms with van der Waals surface area (Å²) in [5.41, 5.74) is 1.72. The lowest BCUT2D eigenvalue weighted by Gasteiger charge is -2.05. The van der Waals surface area contributed by atoms with Crippen LogP contribution in [-0.4, -0.2) is 17.1 Å². The molecule has 0 bridgehead atoms. The van der Waals surface area contributed by atoms with Crippen molar-refractivity contribution in [1.29, 1.82) is 0 Å². The summed E-state index contributed by atoms with van der Waals surface area (Å²) in [5, 5.41) is 0. The molecule has 0 aliphatic rings. The number of aryl methyl sites for hydroxylation is 1. The third-order valence-electron chi connectivity index (χ3n) is 2.17. The summed E-state index contributed by atoms with van der Waals surface area (Å²) in [5.74, 6) is -0.303. The van der Waals surface area contributed by atoms with Crippen LogP contribution in [0.4, 0.5) is 4.39 Å². The first-order valence-corrected chi connectivity index (χ1v) is 4.85. The second-order valence-electron chi connectivity index (χ2n) is 3.36. The van der Waals surface area contributed by atoms with Crippen LogP contribution in [0.1, 0.15) is 5.69 Å². The van der Waals surface area contributed by atoms with Gasteiger partial charge in [-0.05, 0) is 25.1 Å². The molecule has 0 saturated heterocycles. The van der Waals surface area contributed by atoms with Crippen molar-refractivity contribution in [2.24, 2.45) is 0 Å². The molecule has 0 spiro atoms. The van der Waals surface area contributed by atoms with Gasteiger partial charge in [0.05, 0.1) is 12.8 Å². The van der Waals surface area contributed by atoms with E-state index < -0.39 is 0 Å². The van der Waals surface area contributed by atoms with Gasteiger partial charge < -0.3 is 4.74 Å². The molecule has 1 aromatic heterocycles. The maximum Gasteiger partial charge on any atom is 0.316 e. The zero-order chi connectivity index (χ0) is 11.5. The van der Waals surface area contributed by atoms with Gasteiger partial charge in [0.1, 0.15) is 5.82 Å². The molecule has 82 valence electrons. The number of hydrogen-bond acceptors (Lipinski definition) is 3. The van der Waals surface area contributed by atoms with Crippen molar-refractivity contribution in [2.45, 2.75) is 6.92 Å². The fourth-order valence-electron chi connectivity index (χ4n) is 1.44. The van der Waals surface area contributed by atoms with Gasteiger partial charge >= 0.3 is 6.01 Å². The Labute approximate surface area is 92.9 Å². The van der Waals surface area contributed by atoms with Gasteiger partial charge in [-0.1, -0.05) is 12.1 Å². The van der Waals surface area contributed by atoms with Crippen LogP contribution in [0.15, 0.2) is 30.3 Å². The molecule has 2 aromatic rings. The van der Waals surface area contributed by atoms with Gasteiger partial charge in [0, 0.05) is 11.3 Å². The molecule has 1 heterocycles. The number of hydrogen-bond donors (Lipinski definition) is 0. The number of halogens is 1. The van der Waals surface area contributed by atoms with E-state index in [0.717, 1.165) is 5.69 Å². The van der Waals surface area contributed by atoms with E-state index in [1.165, 1.54) is 13.2 Å². The summed E-state index contributed by atoms with van der Waals surface area (Å²) in [6, 6.07) is 8.46. The lowest BCUT2D eigenvalue weighted by molar-refractivity contribution is 0.379. The van der Waals surface area contributed by atoms with Crippen molar-refractivity contribution >= 4 is 0 Å². The smallest absolute Gasteiger partial charge is 0.316 e. The van der Waals surface area contributed by atoms with E-state index in [9.17, 15) is 4.39 Å². The van der Waals surface area contributed by atoms with E-state index in [-0.39, 0.29) is 11.8 Å². The number of benzene rings is 1. The van der Waals surface area contributed by atoms with Gasteiger partial charge in [-0.25, -0.2) is 9.37 Å². The zero-order valence-corrected chi connectivity index (χ0v) is 9.07. The Morgan fingerprint density at radius 1 is 1.19 bits per heavy atom. The van der Waals surface area contributed by atoms with Crippen LogP contribution in [-0.2, 0) is 0 Å². The summed E-state index contributed by atoms with van der Waals surface area (Å²) in [7, 11) is 1.49. The molecule has 0 atom stereocenters. The van der Waals surface area contributed by atoms with Gasteiger partial charge in [-0.15, -0.1) is 0 Å². The lowest BCUT2D eigenvalue weighted by Crippen LogP contribution is -1.97. The normalized spacial score (nSPS) is 10.2. The summed E-state index contributed by atoms with van der Waals surface area (Å²) >= 11 is 0. The van der Waals surface area contributed by atoms with Crippen LogP contribution in [0.25, 0.3) is 11.3 Å². The highest BCUT2D eigenvalue weighted by Gasteiger charge is 2.08. The fourth-order valence-corrected chi connectivity index (χ4v) is 1.44. The van der Waals surface area contributed by atoms with E-state index in [0.29, 0.717) is 11.3 Å². The molecule has 0 unspecified atom stereocenters. The van der Waals surface area contributed by atoms with E-state index in [1.807, 2.05) is 6.92 Å². The topological polar surface area (TPSA) is 35.0 Å². The highest BCUT2D eigenvalue weighted by molar-refractivity contribution is 5.60. The largest absolute Gasteiger partial charge is 0.467 e. The first-order chi connectivity index (χ1) is 7.70. The molecule has 0 radical (unpaired) electrons. The van der Waals surface area contributed by atoms with Crippen molar-refractivity contribution in [3.63, 3.8) is 0 Å². The number of nitrogens with zero attached hydrogens (tertiary/aromatic N) is 2. The van der Waals surface area contributed by atoms with Crippen LogP contribution >= 0.6 is 0 Å². The lowest BCUT2D eigenvalue weighted by atomic mass is 10.1. The quantitative estimate of drug-likeness (QED) is 0.777.